The van der Waals surface area contributed by atoms with Gasteiger partial charge in [0.05, 0.1) is 30.5 Å². The van der Waals surface area contributed by atoms with E-state index in [2.05, 4.69) is 16.0 Å². The Bertz CT molecular complexity index is 1250. The standard InChI is InChI=1S/C28H34N4O5/c1-16-8-6-11-22(32-27(35)37-28(2,3)4)24-15-20(18-9-7-10-21(18)30-24)19-13-12-17(29-26(34)36-5)14-23(19)31-25(16)33/h6,8,12-16,22H,7,9-11H2,1-5H3,(H,29,34)(H,31,33)(H,32,35)/b8-6+/t16-,22+/m1/s1. The maximum atomic E-state index is 13.1. The van der Waals surface area contributed by atoms with Gasteiger partial charge in [0, 0.05) is 16.9 Å². The summed E-state index contributed by atoms with van der Waals surface area (Å²) in [5.74, 6) is -0.612. The highest BCUT2D eigenvalue weighted by atomic mass is 16.6. The molecule has 4 rings (SSSR count). The molecule has 2 heterocycles. The van der Waals surface area contributed by atoms with Crippen LogP contribution in [0.4, 0.5) is 21.0 Å². The van der Waals surface area contributed by atoms with Gasteiger partial charge in [0.2, 0.25) is 5.91 Å². The van der Waals surface area contributed by atoms with Crippen LogP contribution in [0.15, 0.2) is 36.4 Å². The summed E-state index contributed by atoms with van der Waals surface area (Å²) >= 11 is 0. The van der Waals surface area contributed by atoms with E-state index >= 15 is 0 Å². The largest absolute Gasteiger partial charge is 0.453 e. The first-order valence-electron chi connectivity index (χ1n) is 12.5. The average molecular weight is 507 g/mol. The Morgan fingerprint density at radius 2 is 1.89 bits per heavy atom. The van der Waals surface area contributed by atoms with Crippen molar-refractivity contribution >= 4 is 29.5 Å². The Balaban J connectivity index is 1.84. The monoisotopic (exact) mass is 506 g/mol. The predicted octanol–water partition coefficient (Wildman–Crippen LogP) is 5.52. The lowest BCUT2D eigenvalue weighted by Gasteiger charge is -2.25. The lowest BCUT2D eigenvalue weighted by molar-refractivity contribution is -0.118. The maximum Gasteiger partial charge on any atom is 0.411 e. The van der Waals surface area contributed by atoms with Crippen molar-refractivity contribution in [1.29, 1.82) is 0 Å². The van der Waals surface area contributed by atoms with E-state index in [0.29, 0.717) is 17.8 Å². The first-order chi connectivity index (χ1) is 17.5. The summed E-state index contributed by atoms with van der Waals surface area (Å²) in [7, 11) is 1.29. The number of anilines is 2. The second kappa shape index (κ2) is 10.6. The van der Waals surface area contributed by atoms with Crippen molar-refractivity contribution in [2.45, 2.75) is 65.0 Å². The number of ether oxygens (including phenoxy) is 2. The van der Waals surface area contributed by atoms with E-state index < -0.39 is 29.7 Å². The number of aryl methyl sites for hydroxylation is 1. The zero-order chi connectivity index (χ0) is 26.7. The number of pyridine rings is 1. The maximum absolute atomic E-state index is 13.1. The molecule has 2 aliphatic rings. The number of carbonyl (C=O) groups is 3. The van der Waals surface area contributed by atoms with E-state index in [0.717, 1.165) is 47.3 Å². The van der Waals surface area contributed by atoms with Crippen LogP contribution in [-0.4, -0.2) is 35.8 Å². The molecule has 37 heavy (non-hydrogen) atoms. The van der Waals surface area contributed by atoms with Crippen LogP contribution in [0.3, 0.4) is 0 Å². The molecule has 1 aliphatic carbocycles. The molecule has 1 aliphatic heterocycles. The number of fused-ring (bicyclic) bond motifs is 6. The summed E-state index contributed by atoms with van der Waals surface area (Å²) in [6, 6.07) is 6.93. The number of aromatic nitrogens is 1. The van der Waals surface area contributed by atoms with Crippen LogP contribution in [0.5, 0.6) is 0 Å². The Morgan fingerprint density at radius 3 is 2.62 bits per heavy atom. The molecule has 0 saturated carbocycles. The number of methoxy groups -OCH3 is 1. The van der Waals surface area contributed by atoms with Gasteiger partial charge in [-0.2, -0.15) is 0 Å². The smallest absolute Gasteiger partial charge is 0.411 e. The fraction of sp³-hybridized carbons (Fsp3) is 0.429. The molecule has 9 nitrogen and oxygen atoms in total. The number of rotatable bonds is 2. The Kier molecular flexibility index (Phi) is 7.52. The summed E-state index contributed by atoms with van der Waals surface area (Å²) in [5, 5.41) is 8.67. The third-order valence-electron chi connectivity index (χ3n) is 6.33. The number of amides is 3. The topological polar surface area (TPSA) is 119 Å². The lowest BCUT2D eigenvalue weighted by atomic mass is 9.94. The van der Waals surface area contributed by atoms with Gasteiger partial charge in [-0.25, -0.2) is 9.59 Å². The number of hydrogen-bond acceptors (Lipinski definition) is 6. The summed E-state index contributed by atoms with van der Waals surface area (Å²) in [6.07, 6.45) is 5.72. The van der Waals surface area contributed by atoms with Crippen molar-refractivity contribution in [3.05, 3.63) is 53.4 Å². The van der Waals surface area contributed by atoms with E-state index in [1.165, 1.54) is 7.11 Å². The number of carbonyl (C=O) groups excluding carboxylic acids is 3. The van der Waals surface area contributed by atoms with Crippen LogP contribution in [0.25, 0.3) is 11.1 Å². The van der Waals surface area contributed by atoms with E-state index in [1.54, 1.807) is 19.1 Å². The van der Waals surface area contributed by atoms with Crippen molar-refractivity contribution in [3.63, 3.8) is 0 Å². The second-order valence-corrected chi connectivity index (χ2v) is 10.4. The lowest BCUT2D eigenvalue weighted by Crippen LogP contribution is -2.35. The van der Waals surface area contributed by atoms with E-state index in [1.807, 2.05) is 45.1 Å². The summed E-state index contributed by atoms with van der Waals surface area (Å²) < 4.78 is 10.2. The van der Waals surface area contributed by atoms with Crippen molar-refractivity contribution in [2.75, 3.05) is 17.7 Å². The molecular weight excluding hydrogens is 472 g/mol. The molecule has 1 aromatic heterocycles. The highest BCUT2D eigenvalue weighted by molar-refractivity contribution is 5.99. The molecule has 0 unspecified atom stereocenters. The van der Waals surface area contributed by atoms with Gasteiger partial charge in [-0.05, 0) is 75.8 Å². The van der Waals surface area contributed by atoms with Gasteiger partial charge < -0.3 is 20.1 Å². The van der Waals surface area contributed by atoms with E-state index in [-0.39, 0.29) is 5.91 Å². The van der Waals surface area contributed by atoms with Crippen LogP contribution < -0.4 is 16.0 Å². The van der Waals surface area contributed by atoms with Gasteiger partial charge in [-0.1, -0.05) is 25.1 Å². The third kappa shape index (κ3) is 6.28. The minimum atomic E-state index is -0.636. The van der Waals surface area contributed by atoms with Crippen molar-refractivity contribution in [2.24, 2.45) is 5.92 Å². The quantitative estimate of drug-likeness (QED) is 0.462. The number of benzene rings is 1. The minimum Gasteiger partial charge on any atom is -0.453 e. The van der Waals surface area contributed by atoms with Crippen LogP contribution in [0.1, 0.15) is 63.5 Å². The van der Waals surface area contributed by atoms with Crippen LogP contribution in [0.2, 0.25) is 0 Å². The van der Waals surface area contributed by atoms with Gasteiger partial charge in [0.15, 0.2) is 0 Å². The third-order valence-corrected chi connectivity index (χ3v) is 6.33. The molecule has 2 bridgehead atoms. The first kappa shape index (κ1) is 26.2. The fourth-order valence-corrected chi connectivity index (χ4v) is 4.57. The Labute approximate surface area is 217 Å². The summed E-state index contributed by atoms with van der Waals surface area (Å²) in [4.78, 5) is 42.5. The Morgan fingerprint density at radius 1 is 1.11 bits per heavy atom. The molecular formula is C28H34N4O5. The molecule has 0 radical (unpaired) electrons. The number of nitrogens with zero attached hydrogens (tertiary/aromatic N) is 1. The van der Waals surface area contributed by atoms with Gasteiger partial charge >= 0.3 is 12.2 Å². The SMILES string of the molecule is COC(=O)Nc1ccc2c(c1)NC(=O)[C@H](C)/C=C/C[C@H](NC(=O)OC(C)(C)C)c1cc-2c2c(n1)CCC2. The van der Waals surface area contributed by atoms with Crippen LogP contribution in [-0.2, 0) is 27.1 Å². The molecule has 1 aromatic carbocycles. The first-order valence-corrected chi connectivity index (χ1v) is 12.5. The fourth-order valence-electron chi connectivity index (χ4n) is 4.57. The molecule has 9 heteroatoms. The predicted molar refractivity (Wildman–Crippen MR) is 141 cm³/mol. The van der Waals surface area contributed by atoms with Gasteiger partial charge in [0.1, 0.15) is 5.60 Å². The van der Waals surface area contributed by atoms with Crippen LogP contribution in [0, 0.1) is 5.92 Å². The number of hydrogen-bond donors (Lipinski definition) is 3. The number of alkyl carbamates (subject to hydrolysis) is 1. The zero-order valence-electron chi connectivity index (χ0n) is 21.9. The average Bonchev–Trinajstić information content (AvgIpc) is 3.30. The normalized spacial score (nSPS) is 19.8. The van der Waals surface area contributed by atoms with Crippen molar-refractivity contribution < 1.29 is 23.9 Å². The zero-order valence-corrected chi connectivity index (χ0v) is 21.9. The minimum absolute atomic E-state index is 0.184. The highest BCUT2D eigenvalue weighted by Crippen LogP contribution is 2.39. The van der Waals surface area contributed by atoms with Crippen LogP contribution >= 0.6 is 0 Å². The van der Waals surface area contributed by atoms with E-state index in [9.17, 15) is 14.4 Å². The van der Waals surface area contributed by atoms with Gasteiger partial charge in [-0.3, -0.25) is 15.1 Å². The molecule has 2 aromatic rings. The molecule has 0 spiro atoms. The molecule has 0 fully saturated rings. The molecule has 3 N–H and O–H groups in total. The molecule has 196 valence electrons. The summed E-state index contributed by atoms with van der Waals surface area (Å²) in [5.41, 5.74) is 5.05. The highest BCUT2D eigenvalue weighted by Gasteiger charge is 2.27. The van der Waals surface area contributed by atoms with Crippen molar-refractivity contribution in [1.82, 2.24) is 10.3 Å². The van der Waals surface area contributed by atoms with E-state index in [4.69, 9.17) is 14.5 Å². The second-order valence-electron chi connectivity index (χ2n) is 10.4. The van der Waals surface area contributed by atoms with Gasteiger partial charge in [0.25, 0.3) is 0 Å². The van der Waals surface area contributed by atoms with Crippen molar-refractivity contribution in [3.8, 4) is 11.1 Å². The Hall–Kier alpha value is -3.88. The number of nitrogens with one attached hydrogen (secondary N) is 3. The molecule has 0 saturated heterocycles. The van der Waals surface area contributed by atoms with Gasteiger partial charge in [-0.15, -0.1) is 0 Å². The molecule has 3 amide bonds. The summed E-state index contributed by atoms with van der Waals surface area (Å²) in [6.45, 7) is 7.26. The molecule has 2 atom stereocenters.